The third-order valence-corrected chi connectivity index (χ3v) is 6.18. The van der Waals surface area contributed by atoms with Crippen LogP contribution >= 0.6 is 11.8 Å². The molecule has 4 heteroatoms. The maximum atomic E-state index is 9.59. The number of nitrogens with zero attached hydrogens (tertiary/aromatic N) is 1. The molecule has 2 N–H and O–H groups in total. The van der Waals surface area contributed by atoms with Crippen LogP contribution in [0.25, 0.3) is 0 Å². The molecule has 0 aromatic carbocycles. The molecular formula is C23H44N2OS. The van der Waals surface area contributed by atoms with Crippen molar-refractivity contribution in [1.29, 1.82) is 0 Å². The lowest BCUT2D eigenvalue weighted by molar-refractivity contribution is 0.145. The van der Waals surface area contributed by atoms with E-state index in [1.54, 1.807) is 0 Å². The fourth-order valence-electron chi connectivity index (χ4n) is 3.87. The third kappa shape index (κ3) is 11.3. The van der Waals surface area contributed by atoms with Crippen LogP contribution in [-0.4, -0.2) is 59.8 Å². The Morgan fingerprint density at radius 3 is 2.67 bits per heavy atom. The van der Waals surface area contributed by atoms with Gasteiger partial charge in [-0.25, -0.2) is 0 Å². The number of thioether (sulfide) groups is 1. The molecule has 0 spiro atoms. The van der Waals surface area contributed by atoms with Crippen LogP contribution in [0.15, 0.2) is 23.3 Å². The minimum Gasteiger partial charge on any atom is -0.395 e. The van der Waals surface area contributed by atoms with Gasteiger partial charge >= 0.3 is 0 Å². The fraction of sp³-hybridized carbons (Fsp3) is 0.826. The number of allylic oxidation sites excluding steroid dienone is 4. The van der Waals surface area contributed by atoms with Gasteiger partial charge in [0.05, 0.1) is 6.61 Å². The lowest BCUT2D eigenvalue weighted by Gasteiger charge is -2.30. The smallest absolute Gasteiger partial charge is 0.0586 e. The first-order chi connectivity index (χ1) is 13.0. The molecule has 3 nitrogen and oxygen atoms in total. The van der Waals surface area contributed by atoms with E-state index in [1.807, 2.05) is 11.8 Å². The van der Waals surface area contributed by atoms with E-state index in [0.29, 0.717) is 24.7 Å². The van der Waals surface area contributed by atoms with Crippen molar-refractivity contribution in [2.75, 3.05) is 31.7 Å². The number of hydrogen-bond acceptors (Lipinski definition) is 4. The van der Waals surface area contributed by atoms with Crippen LogP contribution in [0.1, 0.15) is 72.6 Å². The monoisotopic (exact) mass is 396 g/mol. The van der Waals surface area contributed by atoms with E-state index in [-0.39, 0.29) is 0 Å². The molecule has 3 atom stereocenters. The fourth-order valence-corrected chi connectivity index (χ4v) is 4.39. The van der Waals surface area contributed by atoms with Crippen LogP contribution < -0.4 is 5.32 Å². The number of likely N-dealkylation sites (tertiary alicyclic amines) is 1. The molecule has 0 saturated carbocycles. The standard InChI is InChI=1S/C23H44N2OS/c1-19(2)9-6-10-20(3)11-7-12-21(4)24-22(14-16-27-5)17-25-15-8-13-23(25)18-26/h9,11,21-24,26H,6-8,10,12-18H2,1-5H3. The summed E-state index contributed by atoms with van der Waals surface area (Å²) in [5, 5.41) is 13.5. The van der Waals surface area contributed by atoms with Crippen molar-refractivity contribution in [2.45, 2.75) is 90.8 Å². The van der Waals surface area contributed by atoms with Gasteiger partial charge in [-0.1, -0.05) is 23.3 Å². The molecule has 27 heavy (non-hydrogen) atoms. The Hall–Kier alpha value is -0.290. The Balaban J connectivity index is 2.39. The molecule has 1 saturated heterocycles. The van der Waals surface area contributed by atoms with Crippen molar-refractivity contribution >= 4 is 11.8 Å². The van der Waals surface area contributed by atoms with Gasteiger partial charge in [-0.3, -0.25) is 4.90 Å². The lowest BCUT2D eigenvalue weighted by atomic mass is 10.1. The first-order valence-electron chi connectivity index (χ1n) is 10.8. The number of nitrogens with one attached hydrogen (secondary N) is 1. The second kappa shape index (κ2) is 14.7. The summed E-state index contributed by atoms with van der Waals surface area (Å²) in [5.41, 5.74) is 2.93. The van der Waals surface area contributed by atoms with Crippen LogP contribution in [0.4, 0.5) is 0 Å². The van der Waals surface area contributed by atoms with Gasteiger partial charge in [0.15, 0.2) is 0 Å². The van der Waals surface area contributed by atoms with Crippen molar-refractivity contribution in [1.82, 2.24) is 10.2 Å². The van der Waals surface area contributed by atoms with Gasteiger partial charge in [-0.15, -0.1) is 0 Å². The average molecular weight is 397 g/mol. The molecule has 158 valence electrons. The molecule has 1 fully saturated rings. The van der Waals surface area contributed by atoms with E-state index >= 15 is 0 Å². The van der Waals surface area contributed by atoms with Gasteiger partial charge in [0, 0.05) is 24.7 Å². The second-order valence-electron chi connectivity index (χ2n) is 8.47. The van der Waals surface area contributed by atoms with E-state index in [0.717, 1.165) is 32.4 Å². The number of rotatable bonds is 14. The highest BCUT2D eigenvalue weighted by atomic mass is 32.2. The SMILES string of the molecule is CSCCC(CN1CCCC1CO)NC(C)CCC=C(C)CCC=C(C)C. The summed E-state index contributed by atoms with van der Waals surface area (Å²) in [4.78, 5) is 2.50. The maximum absolute atomic E-state index is 9.59. The summed E-state index contributed by atoms with van der Waals surface area (Å²) in [6.45, 7) is 11.5. The van der Waals surface area contributed by atoms with Crippen LogP contribution in [-0.2, 0) is 0 Å². The van der Waals surface area contributed by atoms with Crippen molar-refractivity contribution in [3.8, 4) is 0 Å². The van der Waals surface area contributed by atoms with Crippen molar-refractivity contribution < 1.29 is 5.11 Å². The molecule has 0 bridgehead atoms. The zero-order valence-electron chi connectivity index (χ0n) is 18.5. The summed E-state index contributed by atoms with van der Waals surface area (Å²) in [5.74, 6) is 1.20. The minimum absolute atomic E-state index is 0.307. The summed E-state index contributed by atoms with van der Waals surface area (Å²) in [6.07, 6.45) is 15.2. The first kappa shape index (κ1) is 24.7. The predicted octanol–water partition coefficient (Wildman–Crippen LogP) is 5.02. The van der Waals surface area contributed by atoms with Gasteiger partial charge in [-0.2, -0.15) is 11.8 Å². The van der Waals surface area contributed by atoms with Gasteiger partial charge in [0.1, 0.15) is 0 Å². The Kier molecular flexibility index (Phi) is 13.4. The van der Waals surface area contributed by atoms with Crippen molar-refractivity contribution in [3.63, 3.8) is 0 Å². The molecule has 3 unspecified atom stereocenters. The summed E-state index contributed by atoms with van der Waals surface area (Å²) >= 11 is 1.93. The summed E-state index contributed by atoms with van der Waals surface area (Å²) in [7, 11) is 0. The number of aliphatic hydroxyl groups is 1. The van der Waals surface area contributed by atoms with Gasteiger partial charge < -0.3 is 10.4 Å². The Morgan fingerprint density at radius 2 is 2.00 bits per heavy atom. The molecule has 1 heterocycles. The van der Waals surface area contributed by atoms with E-state index in [4.69, 9.17) is 0 Å². The van der Waals surface area contributed by atoms with Crippen LogP contribution in [0.3, 0.4) is 0 Å². The molecule has 0 aromatic rings. The lowest BCUT2D eigenvalue weighted by Crippen LogP contribution is -2.47. The predicted molar refractivity (Wildman–Crippen MR) is 123 cm³/mol. The minimum atomic E-state index is 0.307. The highest BCUT2D eigenvalue weighted by Crippen LogP contribution is 2.18. The topological polar surface area (TPSA) is 35.5 Å². The van der Waals surface area contributed by atoms with E-state index in [9.17, 15) is 5.11 Å². The quantitative estimate of drug-likeness (QED) is 0.404. The number of hydrogen-bond donors (Lipinski definition) is 2. The molecule has 0 aliphatic carbocycles. The zero-order valence-corrected chi connectivity index (χ0v) is 19.3. The molecule has 1 aliphatic rings. The molecule has 0 radical (unpaired) electrons. The molecular weight excluding hydrogens is 352 g/mol. The van der Waals surface area contributed by atoms with Crippen LogP contribution in [0, 0.1) is 0 Å². The molecule has 0 aromatic heterocycles. The largest absolute Gasteiger partial charge is 0.395 e. The highest BCUT2D eigenvalue weighted by molar-refractivity contribution is 7.98. The highest BCUT2D eigenvalue weighted by Gasteiger charge is 2.26. The zero-order chi connectivity index (χ0) is 20.1. The van der Waals surface area contributed by atoms with Gasteiger partial charge in [-0.05, 0) is 91.2 Å². The van der Waals surface area contributed by atoms with Gasteiger partial charge in [0.2, 0.25) is 0 Å². The second-order valence-corrected chi connectivity index (χ2v) is 9.45. The summed E-state index contributed by atoms with van der Waals surface area (Å²) < 4.78 is 0. The molecule has 0 amide bonds. The molecule has 1 rings (SSSR count). The first-order valence-corrected chi connectivity index (χ1v) is 12.2. The van der Waals surface area contributed by atoms with E-state index in [1.165, 1.54) is 42.6 Å². The summed E-state index contributed by atoms with van der Waals surface area (Å²) in [6, 6.07) is 1.45. The van der Waals surface area contributed by atoms with E-state index < -0.39 is 0 Å². The maximum Gasteiger partial charge on any atom is 0.0586 e. The Labute approximate surface area is 173 Å². The Bertz CT molecular complexity index is 446. The molecule has 1 aliphatic heterocycles. The number of aliphatic hydroxyl groups excluding tert-OH is 1. The van der Waals surface area contributed by atoms with Crippen molar-refractivity contribution in [3.05, 3.63) is 23.3 Å². The Morgan fingerprint density at radius 1 is 1.22 bits per heavy atom. The normalized spacial score (nSPS) is 20.7. The van der Waals surface area contributed by atoms with Crippen molar-refractivity contribution in [2.24, 2.45) is 0 Å². The third-order valence-electron chi connectivity index (χ3n) is 5.54. The van der Waals surface area contributed by atoms with Gasteiger partial charge in [0.25, 0.3) is 0 Å². The van der Waals surface area contributed by atoms with Crippen LogP contribution in [0.2, 0.25) is 0 Å². The van der Waals surface area contributed by atoms with Crippen LogP contribution in [0.5, 0.6) is 0 Å². The average Bonchev–Trinajstić information content (AvgIpc) is 3.06. The van der Waals surface area contributed by atoms with E-state index in [2.05, 4.69) is 56.3 Å².